The van der Waals surface area contributed by atoms with Crippen LogP contribution in [-0.4, -0.2) is 13.2 Å². The third-order valence-corrected chi connectivity index (χ3v) is 4.07. The smallest absolute Gasteiger partial charge is 0.133 e. The van der Waals surface area contributed by atoms with E-state index in [2.05, 4.69) is 53.3 Å². The van der Waals surface area contributed by atoms with Crippen LogP contribution in [0.2, 0.25) is 0 Å². The fourth-order valence-corrected chi connectivity index (χ4v) is 2.58. The van der Waals surface area contributed by atoms with Crippen LogP contribution in [0.5, 0.6) is 5.75 Å². The fourth-order valence-electron chi connectivity index (χ4n) is 2.07. The molecule has 1 N–H and O–H groups in total. The van der Waals surface area contributed by atoms with Crippen LogP contribution in [0.25, 0.3) is 0 Å². The minimum absolute atomic E-state index is 0.381. The number of rotatable bonds is 7. The topological polar surface area (TPSA) is 21.3 Å². The lowest BCUT2D eigenvalue weighted by Gasteiger charge is -2.15. The highest BCUT2D eigenvalue weighted by molar-refractivity contribution is 9.10. The van der Waals surface area contributed by atoms with Crippen molar-refractivity contribution >= 4 is 15.9 Å². The number of ether oxygens (including phenoxy) is 1. The highest BCUT2D eigenvalue weighted by Gasteiger charge is 2.20. The Morgan fingerprint density at radius 3 is 2.83 bits per heavy atom. The van der Waals surface area contributed by atoms with Crippen molar-refractivity contribution in [3.05, 3.63) is 28.2 Å². The molecule has 2 rings (SSSR count). The van der Waals surface area contributed by atoms with E-state index < -0.39 is 0 Å². The molecule has 3 heteroatoms. The van der Waals surface area contributed by atoms with E-state index in [1.165, 1.54) is 24.8 Å². The lowest BCUT2D eigenvalue weighted by atomic mass is 10.1. The number of hydrogen-bond donors (Lipinski definition) is 1. The van der Waals surface area contributed by atoms with Crippen LogP contribution >= 0.6 is 15.9 Å². The van der Waals surface area contributed by atoms with E-state index in [0.29, 0.717) is 6.04 Å². The Hall–Kier alpha value is -0.540. The lowest BCUT2D eigenvalue weighted by molar-refractivity contribution is 0.300. The summed E-state index contributed by atoms with van der Waals surface area (Å²) in [5.41, 5.74) is 1.29. The minimum Gasteiger partial charge on any atom is -0.492 e. The first kappa shape index (κ1) is 13.9. The zero-order valence-electron chi connectivity index (χ0n) is 11.2. The second-order valence-electron chi connectivity index (χ2n) is 5.05. The standard InChI is InChI=1S/C15H22BrNO/c1-3-17-11(2)13-6-7-15(14(16)10-13)18-9-8-12-4-5-12/h6-7,10-12,17H,3-5,8-9H2,1-2H3. The van der Waals surface area contributed by atoms with Gasteiger partial charge in [0.25, 0.3) is 0 Å². The normalized spacial score (nSPS) is 16.6. The van der Waals surface area contributed by atoms with Crippen molar-refractivity contribution in [2.45, 2.75) is 39.2 Å². The molecule has 0 spiro atoms. The van der Waals surface area contributed by atoms with Gasteiger partial charge in [-0.25, -0.2) is 0 Å². The molecule has 0 amide bonds. The Balaban J connectivity index is 1.90. The molecule has 1 fully saturated rings. The molecule has 0 bridgehead atoms. The Morgan fingerprint density at radius 1 is 1.44 bits per heavy atom. The SMILES string of the molecule is CCNC(C)c1ccc(OCCC2CC2)c(Br)c1. The van der Waals surface area contributed by atoms with Crippen LogP contribution in [0.3, 0.4) is 0 Å². The highest BCUT2D eigenvalue weighted by Crippen LogP contribution is 2.33. The molecule has 0 heterocycles. The molecule has 0 aromatic heterocycles. The van der Waals surface area contributed by atoms with Crippen LogP contribution < -0.4 is 10.1 Å². The van der Waals surface area contributed by atoms with Gasteiger partial charge in [-0.2, -0.15) is 0 Å². The summed E-state index contributed by atoms with van der Waals surface area (Å²) in [5.74, 6) is 1.89. The molecule has 1 saturated carbocycles. The van der Waals surface area contributed by atoms with E-state index in [0.717, 1.165) is 29.3 Å². The predicted molar refractivity (Wildman–Crippen MR) is 79.1 cm³/mol. The maximum atomic E-state index is 5.82. The Labute approximate surface area is 118 Å². The van der Waals surface area contributed by atoms with Gasteiger partial charge in [0.1, 0.15) is 5.75 Å². The van der Waals surface area contributed by atoms with Crippen molar-refractivity contribution in [1.82, 2.24) is 5.32 Å². The quantitative estimate of drug-likeness (QED) is 0.810. The van der Waals surface area contributed by atoms with Gasteiger partial charge in [0, 0.05) is 6.04 Å². The van der Waals surface area contributed by atoms with E-state index in [1.54, 1.807) is 0 Å². The Kier molecular flexibility index (Phi) is 5.07. The summed E-state index contributed by atoms with van der Waals surface area (Å²) >= 11 is 3.60. The highest BCUT2D eigenvalue weighted by atomic mass is 79.9. The molecule has 1 aliphatic carbocycles. The van der Waals surface area contributed by atoms with Crippen LogP contribution in [-0.2, 0) is 0 Å². The second kappa shape index (κ2) is 6.58. The summed E-state index contributed by atoms with van der Waals surface area (Å²) in [6, 6.07) is 6.75. The van der Waals surface area contributed by atoms with Crippen molar-refractivity contribution in [2.24, 2.45) is 5.92 Å². The molecule has 0 radical (unpaired) electrons. The number of hydrogen-bond acceptors (Lipinski definition) is 2. The van der Waals surface area contributed by atoms with Gasteiger partial charge in [0.15, 0.2) is 0 Å². The van der Waals surface area contributed by atoms with Gasteiger partial charge in [-0.3, -0.25) is 0 Å². The third-order valence-electron chi connectivity index (χ3n) is 3.45. The predicted octanol–water partition coefficient (Wildman–Crippen LogP) is 4.30. The third kappa shape index (κ3) is 3.99. The summed E-state index contributed by atoms with van der Waals surface area (Å²) in [5, 5.41) is 3.41. The summed E-state index contributed by atoms with van der Waals surface area (Å²) < 4.78 is 6.87. The van der Waals surface area contributed by atoms with Crippen LogP contribution in [0, 0.1) is 5.92 Å². The molecule has 0 aliphatic heterocycles. The first-order valence-electron chi connectivity index (χ1n) is 6.86. The van der Waals surface area contributed by atoms with Gasteiger partial charge in [-0.15, -0.1) is 0 Å². The molecular formula is C15H22BrNO. The number of nitrogens with one attached hydrogen (secondary N) is 1. The summed E-state index contributed by atoms with van der Waals surface area (Å²) in [6.07, 6.45) is 3.98. The molecule has 0 saturated heterocycles. The Morgan fingerprint density at radius 2 is 2.22 bits per heavy atom. The van der Waals surface area contributed by atoms with Gasteiger partial charge < -0.3 is 10.1 Å². The molecule has 1 aliphatic rings. The van der Waals surface area contributed by atoms with Gasteiger partial charge in [-0.1, -0.05) is 25.8 Å². The first-order valence-corrected chi connectivity index (χ1v) is 7.65. The van der Waals surface area contributed by atoms with Crippen molar-refractivity contribution in [3.8, 4) is 5.75 Å². The average Bonchev–Trinajstić information content (AvgIpc) is 3.15. The molecular weight excluding hydrogens is 290 g/mol. The largest absolute Gasteiger partial charge is 0.492 e. The Bertz CT molecular complexity index is 390. The van der Waals surface area contributed by atoms with Gasteiger partial charge in [-0.05, 0) is 59.4 Å². The van der Waals surface area contributed by atoms with Gasteiger partial charge in [0.05, 0.1) is 11.1 Å². The average molecular weight is 312 g/mol. The van der Waals surface area contributed by atoms with E-state index in [9.17, 15) is 0 Å². The van der Waals surface area contributed by atoms with Crippen molar-refractivity contribution < 1.29 is 4.74 Å². The molecule has 100 valence electrons. The lowest BCUT2D eigenvalue weighted by Crippen LogP contribution is -2.17. The van der Waals surface area contributed by atoms with E-state index >= 15 is 0 Å². The number of benzene rings is 1. The van der Waals surface area contributed by atoms with Crippen molar-refractivity contribution in [1.29, 1.82) is 0 Å². The molecule has 2 nitrogen and oxygen atoms in total. The minimum atomic E-state index is 0.381. The van der Waals surface area contributed by atoms with Crippen LogP contribution in [0.1, 0.15) is 44.7 Å². The fraction of sp³-hybridized carbons (Fsp3) is 0.600. The zero-order chi connectivity index (χ0) is 13.0. The zero-order valence-corrected chi connectivity index (χ0v) is 12.8. The van der Waals surface area contributed by atoms with E-state index in [-0.39, 0.29) is 0 Å². The summed E-state index contributed by atoms with van der Waals surface area (Å²) in [6.45, 7) is 6.13. The molecule has 1 unspecified atom stereocenters. The number of halogens is 1. The molecule has 1 aromatic carbocycles. The second-order valence-corrected chi connectivity index (χ2v) is 5.90. The van der Waals surface area contributed by atoms with Crippen LogP contribution in [0.15, 0.2) is 22.7 Å². The van der Waals surface area contributed by atoms with Crippen molar-refractivity contribution in [2.75, 3.05) is 13.2 Å². The van der Waals surface area contributed by atoms with Crippen molar-refractivity contribution in [3.63, 3.8) is 0 Å². The van der Waals surface area contributed by atoms with E-state index in [4.69, 9.17) is 4.74 Å². The molecule has 1 aromatic rings. The van der Waals surface area contributed by atoms with Crippen LogP contribution in [0.4, 0.5) is 0 Å². The molecule has 18 heavy (non-hydrogen) atoms. The molecule has 1 atom stereocenters. The first-order chi connectivity index (χ1) is 8.70. The van der Waals surface area contributed by atoms with Gasteiger partial charge >= 0.3 is 0 Å². The van der Waals surface area contributed by atoms with E-state index in [1.807, 2.05) is 0 Å². The monoisotopic (exact) mass is 311 g/mol. The maximum absolute atomic E-state index is 5.82. The summed E-state index contributed by atoms with van der Waals surface area (Å²) in [4.78, 5) is 0. The van der Waals surface area contributed by atoms with Gasteiger partial charge in [0.2, 0.25) is 0 Å². The summed E-state index contributed by atoms with van der Waals surface area (Å²) in [7, 11) is 0. The maximum Gasteiger partial charge on any atom is 0.133 e.